The molecule has 0 fully saturated rings. The van der Waals surface area contributed by atoms with E-state index in [2.05, 4.69) is 16.3 Å². The molecular weight excluding hydrogens is 280 g/mol. The number of rotatable bonds is 3. The lowest BCUT2D eigenvalue weighted by molar-refractivity contribution is 0.790. The van der Waals surface area contributed by atoms with Gasteiger partial charge in [-0.25, -0.2) is 0 Å². The van der Waals surface area contributed by atoms with Crippen LogP contribution in [0.3, 0.4) is 0 Å². The zero-order valence-corrected chi connectivity index (χ0v) is 12.0. The Morgan fingerprint density at radius 2 is 1.95 bits per heavy atom. The van der Waals surface area contributed by atoms with Crippen LogP contribution in [0.4, 0.5) is 0 Å². The zero-order valence-electron chi connectivity index (χ0n) is 11.2. The van der Waals surface area contributed by atoms with E-state index >= 15 is 0 Å². The second-order valence-corrected chi connectivity index (χ2v) is 5.00. The summed E-state index contributed by atoms with van der Waals surface area (Å²) in [7, 11) is 0. The van der Waals surface area contributed by atoms with Gasteiger partial charge < -0.3 is 0 Å². The molecule has 1 heterocycles. The molecule has 2 aromatic carbocycles. The van der Waals surface area contributed by atoms with Crippen molar-refractivity contribution in [2.45, 2.75) is 6.54 Å². The monoisotopic (exact) mass is 292 g/mol. The van der Waals surface area contributed by atoms with Gasteiger partial charge in [-0.3, -0.25) is 9.67 Å². The number of aromatic amines is 1. The smallest absolute Gasteiger partial charge is 0.195 e. The van der Waals surface area contributed by atoms with Crippen molar-refractivity contribution in [3.63, 3.8) is 0 Å². The Bertz CT molecular complexity index is 856. The topological polar surface area (TPSA) is 57.4 Å². The summed E-state index contributed by atoms with van der Waals surface area (Å²) in [6, 6.07) is 19.5. The van der Waals surface area contributed by atoms with Crippen LogP contribution in [0.5, 0.6) is 0 Å². The Labute approximate surface area is 127 Å². The lowest BCUT2D eigenvalue weighted by Crippen LogP contribution is -2.02. The first-order valence-corrected chi connectivity index (χ1v) is 6.88. The van der Waals surface area contributed by atoms with E-state index in [9.17, 15) is 0 Å². The highest BCUT2D eigenvalue weighted by Crippen LogP contribution is 2.18. The lowest BCUT2D eigenvalue weighted by atomic mass is 10.1. The van der Waals surface area contributed by atoms with E-state index in [4.69, 9.17) is 17.5 Å². The van der Waals surface area contributed by atoms with E-state index in [0.29, 0.717) is 16.9 Å². The molecule has 4 nitrogen and oxygen atoms in total. The van der Waals surface area contributed by atoms with Crippen LogP contribution in [0.2, 0.25) is 0 Å². The zero-order chi connectivity index (χ0) is 14.7. The van der Waals surface area contributed by atoms with E-state index in [1.54, 1.807) is 6.07 Å². The Morgan fingerprint density at radius 1 is 1.14 bits per heavy atom. The van der Waals surface area contributed by atoms with Crippen molar-refractivity contribution >= 4 is 12.2 Å². The first-order valence-electron chi connectivity index (χ1n) is 6.47. The third-order valence-corrected chi connectivity index (χ3v) is 3.50. The van der Waals surface area contributed by atoms with Crippen LogP contribution in [-0.4, -0.2) is 14.8 Å². The average Bonchev–Trinajstić information content (AvgIpc) is 2.89. The third-order valence-electron chi connectivity index (χ3n) is 3.19. The van der Waals surface area contributed by atoms with Crippen molar-refractivity contribution < 1.29 is 0 Å². The van der Waals surface area contributed by atoms with Gasteiger partial charge in [0.2, 0.25) is 0 Å². The summed E-state index contributed by atoms with van der Waals surface area (Å²) in [5.74, 6) is 0.794. The van der Waals surface area contributed by atoms with Crippen molar-refractivity contribution in [3.05, 3.63) is 70.5 Å². The molecule has 3 aromatic rings. The number of benzene rings is 2. The second-order valence-electron chi connectivity index (χ2n) is 4.62. The molecule has 1 N–H and O–H groups in total. The van der Waals surface area contributed by atoms with Crippen LogP contribution < -0.4 is 0 Å². The van der Waals surface area contributed by atoms with Crippen molar-refractivity contribution in [2.75, 3.05) is 0 Å². The first kappa shape index (κ1) is 13.3. The van der Waals surface area contributed by atoms with Crippen LogP contribution in [0, 0.1) is 16.1 Å². The van der Waals surface area contributed by atoms with Gasteiger partial charge in [-0.1, -0.05) is 42.5 Å². The fraction of sp³-hybridized carbons (Fsp3) is 0.0625. The molecule has 0 aliphatic rings. The van der Waals surface area contributed by atoms with Gasteiger partial charge in [-0.15, -0.1) is 0 Å². The number of aromatic nitrogens is 3. The van der Waals surface area contributed by atoms with Crippen LogP contribution >= 0.6 is 12.2 Å². The van der Waals surface area contributed by atoms with Gasteiger partial charge in [0.05, 0.1) is 18.2 Å². The van der Waals surface area contributed by atoms with E-state index in [1.807, 2.05) is 53.1 Å². The molecule has 0 radical (unpaired) electrons. The van der Waals surface area contributed by atoms with Gasteiger partial charge in [0.25, 0.3) is 0 Å². The molecular formula is C16H12N4S. The first-order chi connectivity index (χ1) is 10.3. The SMILES string of the molecule is N#Cc1cccc(Cn2c(-c3ccccc3)n[nH]c2=S)c1. The molecule has 0 saturated carbocycles. The quantitative estimate of drug-likeness (QED) is 0.751. The molecule has 0 atom stereocenters. The maximum absolute atomic E-state index is 8.98. The van der Waals surface area contributed by atoms with Crippen molar-refractivity contribution in [1.82, 2.24) is 14.8 Å². The largest absolute Gasteiger partial charge is 0.296 e. The molecule has 0 spiro atoms. The molecule has 0 unspecified atom stereocenters. The minimum absolute atomic E-state index is 0.566. The molecule has 21 heavy (non-hydrogen) atoms. The minimum atomic E-state index is 0.566. The van der Waals surface area contributed by atoms with Crippen molar-refractivity contribution in [1.29, 1.82) is 5.26 Å². The predicted molar refractivity (Wildman–Crippen MR) is 83.1 cm³/mol. The summed E-state index contributed by atoms with van der Waals surface area (Å²) >= 11 is 5.31. The van der Waals surface area contributed by atoms with Gasteiger partial charge in [0.1, 0.15) is 0 Å². The van der Waals surface area contributed by atoms with Gasteiger partial charge in [0.15, 0.2) is 10.6 Å². The van der Waals surface area contributed by atoms with Gasteiger partial charge in [0, 0.05) is 5.56 Å². The fourth-order valence-electron chi connectivity index (χ4n) is 2.19. The molecule has 1 aromatic heterocycles. The van der Waals surface area contributed by atoms with E-state index < -0.39 is 0 Å². The molecule has 0 saturated heterocycles. The molecule has 102 valence electrons. The van der Waals surface area contributed by atoms with Crippen LogP contribution in [-0.2, 0) is 6.54 Å². The Hall–Kier alpha value is -2.71. The number of nitrogens with zero attached hydrogens (tertiary/aromatic N) is 3. The maximum Gasteiger partial charge on any atom is 0.195 e. The van der Waals surface area contributed by atoms with Crippen molar-refractivity contribution in [2.24, 2.45) is 0 Å². The van der Waals surface area contributed by atoms with Crippen LogP contribution in [0.25, 0.3) is 11.4 Å². The fourth-order valence-corrected chi connectivity index (χ4v) is 2.39. The van der Waals surface area contributed by atoms with Crippen LogP contribution in [0.15, 0.2) is 54.6 Å². The summed E-state index contributed by atoms with van der Waals surface area (Å²) in [4.78, 5) is 0. The lowest BCUT2D eigenvalue weighted by Gasteiger charge is -2.07. The Kier molecular flexibility index (Phi) is 3.63. The number of nitrogens with one attached hydrogen (secondary N) is 1. The Balaban J connectivity index is 2.02. The third kappa shape index (κ3) is 2.76. The summed E-state index contributed by atoms with van der Waals surface area (Å²) in [6.45, 7) is 0.578. The number of hydrogen-bond acceptors (Lipinski definition) is 3. The van der Waals surface area contributed by atoms with E-state index in [1.165, 1.54) is 0 Å². The van der Waals surface area contributed by atoms with Gasteiger partial charge in [-0.2, -0.15) is 10.4 Å². The number of hydrogen-bond donors (Lipinski definition) is 1. The summed E-state index contributed by atoms with van der Waals surface area (Å²) in [5, 5.41) is 16.1. The van der Waals surface area contributed by atoms with E-state index in [-0.39, 0.29) is 0 Å². The highest BCUT2D eigenvalue weighted by molar-refractivity contribution is 7.71. The van der Waals surface area contributed by atoms with Crippen molar-refractivity contribution in [3.8, 4) is 17.5 Å². The predicted octanol–water partition coefficient (Wildman–Crippen LogP) is 3.53. The molecule has 5 heteroatoms. The minimum Gasteiger partial charge on any atom is -0.296 e. The molecule has 3 rings (SSSR count). The standard InChI is InChI=1S/C16H12N4S/c17-10-12-5-4-6-13(9-12)11-20-15(18-19-16(20)21)14-7-2-1-3-8-14/h1-9H,11H2,(H,19,21). The summed E-state index contributed by atoms with van der Waals surface area (Å²) in [5.41, 5.74) is 2.66. The number of H-pyrrole nitrogens is 1. The Morgan fingerprint density at radius 3 is 2.71 bits per heavy atom. The second kappa shape index (κ2) is 5.73. The van der Waals surface area contributed by atoms with Gasteiger partial charge in [-0.05, 0) is 29.9 Å². The van der Waals surface area contributed by atoms with Crippen LogP contribution in [0.1, 0.15) is 11.1 Å². The molecule has 0 amide bonds. The molecule has 0 bridgehead atoms. The average molecular weight is 292 g/mol. The highest BCUT2D eigenvalue weighted by Gasteiger charge is 2.09. The molecule has 0 aliphatic heterocycles. The summed E-state index contributed by atoms with van der Waals surface area (Å²) < 4.78 is 2.50. The van der Waals surface area contributed by atoms with E-state index in [0.717, 1.165) is 17.0 Å². The maximum atomic E-state index is 8.98. The summed E-state index contributed by atoms with van der Waals surface area (Å²) in [6.07, 6.45) is 0. The molecule has 0 aliphatic carbocycles. The number of nitriles is 1. The normalized spacial score (nSPS) is 10.2. The highest BCUT2D eigenvalue weighted by atomic mass is 32.1. The van der Waals surface area contributed by atoms with Gasteiger partial charge >= 0.3 is 0 Å².